The Bertz CT molecular complexity index is 748. The van der Waals surface area contributed by atoms with E-state index in [2.05, 4.69) is 4.98 Å². The second-order valence-corrected chi connectivity index (χ2v) is 4.49. The summed E-state index contributed by atoms with van der Waals surface area (Å²) >= 11 is 10.6. The van der Waals surface area contributed by atoms with Crippen molar-refractivity contribution in [2.75, 3.05) is 0 Å². The minimum absolute atomic E-state index is 0.0684. The van der Waals surface area contributed by atoms with Gasteiger partial charge in [0.25, 0.3) is 0 Å². The third kappa shape index (κ3) is 2.04. The van der Waals surface area contributed by atoms with Gasteiger partial charge in [-0.1, -0.05) is 23.8 Å². The maximum Gasteiger partial charge on any atom is 0.416 e. The van der Waals surface area contributed by atoms with Crippen molar-refractivity contribution in [3.63, 3.8) is 0 Å². The molecule has 2 aromatic rings. The number of aromatic nitrogens is 2. The minimum atomic E-state index is -4.52. The highest BCUT2D eigenvalue weighted by molar-refractivity contribution is 7.71. The van der Waals surface area contributed by atoms with Gasteiger partial charge in [-0.25, -0.2) is 4.79 Å². The summed E-state index contributed by atoms with van der Waals surface area (Å²) in [6.07, 6.45) is -4.52. The van der Waals surface area contributed by atoms with E-state index in [0.29, 0.717) is 0 Å². The first-order chi connectivity index (χ1) is 8.21. The second kappa shape index (κ2) is 4.10. The average Bonchev–Trinajstić information content (AvgIpc) is 2.24. The Balaban J connectivity index is 3.00. The lowest BCUT2D eigenvalue weighted by Gasteiger charge is -2.11. The molecule has 0 fully saturated rings. The summed E-state index contributed by atoms with van der Waals surface area (Å²) in [7, 11) is 1.40. The Morgan fingerprint density at radius 1 is 1.39 bits per heavy atom. The minimum Gasteiger partial charge on any atom is -0.298 e. The predicted molar refractivity (Wildman–Crippen MR) is 64.4 cm³/mol. The van der Waals surface area contributed by atoms with Crippen molar-refractivity contribution in [2.45, 2.75) is 6.18 Å². The number of halogens is 4. The molecule has 0 spiro atoms. The van der Waals surface area contributed by atoms with E-state index in [1.807, 2.05) is 0 Å². The Labute approximate surface area is 109 Å². The second-order valence-electron chi connectivity index (χ2n) is 3.67. The van der Waals surface area contributed by atoms with Crippen LogP contribution in [0.5, 0.6) is 0 Å². The summed E-state index contributed by atoms with van der Waals surface area (Å²) in [4.78, 5) is 13.7. The molecule has 1 heterocycles. The van der Waals surface area contributed by atoms with Gasteiger partial charge in [-0.2, -0.15) is 13.2 Å². The smallest absolute Gasteiger partial charge is 0.298 e. The molecule has 1 aromatic heterocycles. The average molecular weight is 295 g/mol. The van der Waals surface area contributed by atoms with E-state index in [0.717, 1.165) is 16.7 Å². The standard InChI is InChI=1S/C10H6ClF3N2OS/c1-16-7-5(8(18)15-9(16)17)2-4(3-6(7)11)10(12,13)14/h2-3H,1H3,(H,15,17,18). The summed E-state index contributed by atoms with van der Waals surface area (Å²) in [5.41, 5.74) is -1.26. The SMILES string of the molecule is Cn1c(=O)[nH]c(=S)c2cc(C(F)(F)F)cc(Cl)c21. The van der Waals surface area contributed by atoms with Crippen molar-refractivity contribution in [1.82, 2.24) is 9.55 Å². The van der Waals surface area contributed by atoms with Gasteiger partial charge >= 0.3 is 11.9 Å². The van der Waals surface area contributed by atoms with Crippen LogP contribution in [0.1, 0.15) is 5.56 Å². The first kappa shape index (κ1) is 13.1. The molecule has 0 aliphatic rings. The molecule has 0 unspecified atom stereocenters. The summed E-state index contributed by atoms with van der Waals surface area (Å²) in [6, 6.07) is 1.65. The molecule has 0 aliphatic heterocycles. The van der Waals surface area contributed by atoms with Crippen molar-refractivity contribution in [1.29, 1.82) is 0 Å². The van der Waals surface area contributed by atoms with E-state index in [4.69, 9.17) is 23.8 Å². The quantitative estimate of drug-likeness (QED) is 0.757. The number of alkyl halides is 3. The Hall–Kier alpha value is -1.34. The number of fused-ring (bicyclic) bond motifs is 1. The zero-order chi connectivity index (χ0) is 13.7. The molecular formula is C10H6ClF3N2OS. The largest absolute Gasteiger partial charge is 0.416 e. The summed E-state index contributed by atoms with van der Waals surface area (Å²) < 4.78 is 39.0. The fourth-order valence-corrected chi connectivity index (χ4v) is 2.22. The number of H-pyrrole nitrogens is 1. The molecule has 3 nitrogen and oxygen atoms in total. The molecule has 8 heteroatoms. The van der Waals surface area contributed by atoms with Gasteiger partial charge in [-0.15, -0.1) is 0 Å². The van der Waals surface area contributed by atoms with Gasteiger partial charge < -0.3 is 0 Å². The highest BCUT2D eigenvalue weighted by atomic mass is 35.5. The first-order valence-electron chi connectivity index (χ1n) is 4.71. The summed E-state index contributed by atoms with van der Waals surface area (Å²) in [6.45, 7) is 0. The highest BCUT2D eigenvalue weighted by Crippen LogP contribution is 2.34. The lowest BCUT2D eigenvalue weighted by atomic mass is 10.1. The van der Waals surface area contributed by atoms with E-state index in [-0.39, 0.29) is 20.6 Å². The van der Waals surface area contributed by atoms with Gasteiger partial charge in [-0.05, 0) is 12.1 Å². The first-order valence-corrected chi connectivity index (χ1v) is 5.50. The molecule has 0 atom stereocenters. The highest BCUT2D eigenvalue weighted by Gasteiger charge is 2.31. The number of aromatic amines is 1. The molecule has 0 radical (unpaired) electrons. The summed E-state index contributed by atoms with van der Waals surface area (Å²) in [5.74, 6) is 0. The number of rotatable bonds is 0. The molecular weight excluding hydrogens is 289 g/mol. The maximum absolute atomic E-state index is 12.6. The van der Waals surface area contributed by atoms with Gasteiger partial charge in [0, 0.05) is 12.4 Å². The molecule has 0 aliphatic carbocycles. The van der Waals surface area contributed by atoms with Crippen molar-refractivity contribution in [2.24, 2.45) is 7.05 Å². The van der Waals surface area contributed by atoms with Crippen molar-refractivity contribution in [3.8, 4) is 0 Å². The number of aryl methyl sites for hydroxylation is 1. The fraction of sp³-hybridized carbons (Fsp3) is 0.200. The van der Waals surface area contributed by atoms with E-state index < -0.39 is 17.4 Å². The van der Waals surface area contributed by atoms with Crippen LogP contribution in [0.15, 0.2) is 16.9 Å². The van der Waals surface area contributed by atoms with E-state index >= 15 is 0 Å². The Morgan fingerprint density at radius 3 is 2.56 bits per heavy atom. The molecule has 0 saturated heterocycles. The number of hydrogen-bond acceptors (Lipinski definition) is 2. The van der Waals surface area contributed by atoms with Crippen LogP contribution in [0.3, 0.4) is 0 Å². The number of nitrogens with one attached hydrogen (secondary N) is 1. The molecule has 0 saturated carbocycles. The maximum atomic E-state index is 12.6. The van der Waals surface area contributed by atoms with E-state index in [1.54, 1.807) is 0 Å². The third-order valence-electron chi connectivity index (χ3n) is 2.50. The monoisotopic (exact) mass is 294 g/mol. The molecule has 1 N–H and O–H groups in total. The number of benzene rings is 1. The van der Waals surface area contributed by atoms with Crippen LogP contribution < -0.4 is 5.69 Å². The van der Waals surface area contributed by atoms with Gasteiger partial charge in [0.1, 0.15) is 4.64 Å². The third-order valence-corrected chi connectivity index (χ3v) is 3.11. The number of hydrogen-bond donors (Lipinski definition) is 1. The molecule has 0 amide bonds. The van der Waals surface area contributed by atoms with Crippen LogP contribution in [0, 0.1) is 4.64 Å². The Morgan fingerprint density at radius 2 is 2.00 bits per heavy atom. The van der Waals surface area contributed by atoms with Crippen LogP contribution in [0.2, 0.25) is 5.02 Å². The van der Waals surface area contributed by atoms with Crippen LogP contribution >= 0.6 is 23.8 Å². The molecule has 0 bridgehead atoms. The van der Waals surface area contributed by atoms with E-state index in [9.17, 15) is 18.0 Å². The van der Waals surface area contributed by atoms with E-state index in [1.165, 1.54) is 7.05 Å². The zero-order valence-electron chi connectivity index (χ0n) is 8.93. The fourth-order valence-electron chi connectivity index (χ4n) is 1.63. The van der Waals surface area contributed by atoms with Crippen molar-refractivity contribution >= 4 is 34.7 Å². The summed E-state index contributed by atoms with van der Waals surface area (Å²) in [5, 5.41) is -0.0774. The number of nitrogens with zero attached hydrogens (tertiary/aromatic N) is 1. The molecule has 2 rings (SSSR count). The van der Waals surface area contributed by atoms with Gasteiger partial charge in [0.2, 0.25) is 0 Å². The Kier molecular flexibility index (Phi) is 2.98. The van der Waals surface area contributed by atoms with Crippen LogP contribution in [0.25, 0.3) is 10.9 Å². The molecule has 1 aromatic carbocycles. The molecule has 18 heavy (non-hydrogen) atoms. The zero-order valence-corrected chi connectivity index (χ0v) is 10.5. The van der Waals surface area contributed by atoms with Gasteiger partial charge in [0.05, 0.1) is 16.1 Å². The normalized spacial score (nSPS) is 12.1. The van der Waals surface area contributed by atoms with Crippen LogP contribution in [-0.4, -0.2) is 9.55 Å². The van der Waals surface area contributed by atoms with Gasteiger partial charge in [-0.3, -0.25) is 9.55 Å². The van der Waals surface area contributed by atoms with Crippen molar-refractivity contribution in [3.05, 3.63) is 37.8 Å². The predicted octanol–water partition coefficient (Wildman–Crippen LogP) is 3.27. The van der Waals surface area contributed by atoms with Crippen LogP contribution in [0.4, 0.5) is 13.2 Å². The van der Waals surface area contributed by atoms with Gasteiger partial charge in [0.15, 0.2) is 0 Å². The topological polar surface area (TPSA) is 37.8 Å². The lowest BCUT2D eigenvalue weighted by molar-refractivity contribution is -0.137. The molecule has 96 valence electrons. The lowest BCUT2D eigenvalue weighted by Crippen LogP contribution is -2.21. The van der Waals surface area contributed by atoms with Crippen LogP contribution in [-0.2, 0) is 13.2 Å². The van der Waals surface area contributed by atoms with Crippen molar-refractivity contribution < 1.29 is 13.2 Å².